The van der Waals surface area contributed by atoms with Gasteiger partial charge in [-0.25, -0.2) is 8.42 Å². The van der Waals surface area contributed by atoms with Gasteiger partial charge in [0.2, 0.25) is 21.8 Å². The molecular formula is C21H30N4O4S. The van der Waals surface area contributed by atoms with Crippen LogP contribution in [0, 0.1) is 11.3 Å². The Labute approximate surface area is 178 Å². The fraction of sp³-hybridized carbons (Fsp3) is 0.571. The van der Waals surface area contributed by atoms with Crippen molar-refractivity contribution < 1.29 is 18.0 Å². The maximum atomic E-state index is 13.1. The van der Waals surface area contributed by atoms with Crippen molar-refractivity contribution in [1.29, 1.82) is 5.26 Å². The second kappa shape index (κ2) is 10.0. The first kappa shape index (κ1) is 23.8. The lowest BCUT2D eigenvalue weighted by Gasteiger charge is -2.40. The van der Waals surface area contributed by atoms with Crippen molar-refractivity contribution in [3.05, 3.63) is 29.8 Å². The smallest absolute Gasteiger partial charge is 0.248 e. The highest BCUT2D eigenvalue weighted by Crippen LogP contribution is 2.30. The van der Waals surface area contributed by atoms with Crippen molar-refractivity contribution in [2.75, 3.05) is 26.7 Å². The van der Waals surface area contributed by atoms with Crippen molar-refractivity contribution in [3.8, 4) is 6.07 Å². The number of carbonyl (C=O) groups is 2. The molecule has 0 aromatic heterocycles. The summed E-state index contributed by atoms with van der Waals surface area (Å²) in [5.74, 6) is -0.602. The van der Waals surface area contributed by atoms with Crippen molar-refractivity contribution in [3.63, 3.8) is 0 Å². The van der Waals surface area contributed by atoms with E-state index in [1.54, 1.807) is 4.90 Å². The molecule has 1 fully saturated rings. The standard InChI is InChI=1S/C21H30N4O4S/c1-4-25(5-2)20(27)21(13-7-6-8-14-21)23-19(26)16-24(3)30(28,29)18-11-9-17(15-22)10-12-18/h9-12H,4-8,13-14,16H2,1-3H3,(H,23,26). The predicted molar refractivity (Wildman–Crippen MR) is 113 cm³/mol. The Morgan fingerprint density at radius 3 is 2.17 bits per heavy atom. The summed E-state index contributed by atoms with van der Waals surface area (Å²) in [7, 11) is -2.57. The molecule has 1 aliphatic rings. The minimum Gasteiger partial charge on any atom is -0.341 e. The van der Waals surface area contributed by atoms with E-state index in [0.717, 1.165) is 23.6 Å². The lowest BCUT2D eigenvalue weighted by atomic mass is 9.80. The van der Waals surface area contributed by atoms with Gasteiger partial charge in [-0.15, -0.1) is 0 Å². The van der Waals surface area contributed by atoms with Gasteiger partial charge in [-0.1, -0.05) is 19.3 Å². The lowest BCUT2D eigenvalue weighted by molar-refractivity contribution is -0.143. The zero-order valence-electron chi connectivity index (χ0n) is 17.8. The molecule has 0 radical (unpaired) electrons. The van der Waals surface area contributed by atoms with E-state index in [1.165, 1.54) is 31.3 Å². The maximum absolute atomic E-state index is 13.1. The summed E-state index contributed by atoms with van der Waals surface area (Å²) in [6.45, 7) is 4.52. The van der Waals surface area contributed by atoms with Gasteiger partial charge in [-0.3, -0.25) is 9.59 Å². The molecule has 0 spiro atoms. The highest BCUT2D eigenvalue weighted by molar-refractivity contribution is 7.89. The van der Waals surface area contributed by atoms with Crippen LogP contribution < -0.4 is 5.32 Å². The largest absolute Gasteiger partial charge is 0.341 e. The Bertz CT molecular complexity index is 896. The normalized spacial score (nSPS) is 16.0. The third-order valence-electron chi connectivity index (χ3n) is 5.60. The van der Waals surface area contributed by atoms with Gasteiger partial charge in [0.05, 0.1) is 23.1 Å². The molecule has 164 valence electrons. The number of hydrogen-bond acceptors (Lipinski definition) is 5. The van der Waals surface area contributed by atoms with E-state index < -0.39 is 28.0 Å². The van der Waals surface area contributed by atoms with Gasteiger partial charge in [0, 0.05) is 20.1 Å². The summed E-state index contributed by atoms with van der Waals surface area (Å²) in [6.07, 6.45) is 3.80. The van der Waals surface area contributed by atoms with Gasteiger partial charge in [0.1, 0.15) is 5.54 Å². The number of nitrogens with zero attached hydrogens (tertiary/aromatic N) is 3. The molecule has 8 nitrogen and oxygen atoms in total. The van der Waals surface area contributed by atoms with Crippen molar-refractivity contribution in [2.45, 2.75) is 56.4 Å². The van der Waals surface area contributed by atoms with Crippen molar-refractivity contribution in [1.82, 2.24) is 14.5 Å². The van der Waals surface area contributed by atoms with Gasteiger partial charge in [0.15, 0.2) is 0 Å². The molecule has 2 amide bonds. The summed E-state index contributed by atoms with van der Waals surface area (Å²) in [6, 6.07) is 7.46. The Kier molecular flexibility index (Phi) is 7.98. The maximum Gasteiger partial charge on any atom is 0.248 e. The van der Waals surface area contributed by atoms with Crippen LogP contribution in [-0.2, 0) is 19.6 Å². The zero-order chi connectivity index (χ0) is 22.4. The first-order valence-electron chi connectivity index (χ1n) is 10.3. The molecule has 0 unspecified atom stereocenters. The summed E-state index contributed by atoms with van der Waals surface area (Å²) in [4.78, 5) is 27.6. The van der Waals surface area contributed by atoms with Crippen LogP contribution >= 0.6 is 0 Å². The van der Waals surface area contributed by atoms with Gasteiger partial charge < -0.3 is 10.2 Å². The Morgan fingerprint density at radius 2 is 1.67 bits per heavy atom. The van der Waals surface area contributed by atoms with Gasteiger partial charge in [-0.2, -0.15) is 9.57 Å². The van der Waals surface area contributed by atoms with E-state index in [1.807, 2.05) is 19.9 Å². The molecule has 30 heavy (non-hydrogen) atoms. The molecule has 1 aliphatic carbocycles. The second-order valence-electron chi connectivity index (χ2n) is 7.57. The van der Waals surface area contributed by atoms with Crippen LogP contribution in [0.3, 0.4) is 0 Å². The Hall–Kier alpha value is -2.44. The molecule has 9 heteroatoms. The minimum absolute atomic E-state index is 0.00315. The van der Waals surface area contributed by atoms with Crippen molar-refractivity contribution in [2.24, 2.45) is 0 Å². The molecule has 0 heterocycles. The predicted octanol–water partition coefficient (Wildman–Crippen LogP) is 1.87. The van der Waals surface area contributed by atoms with Crippen LogP contribution in [0.25, 0.3) is 0 Å². The first-order chi connectivity index (χ1) is 14.2. The number of nitrogens with one attached hydrogen (secondary N) is 1. The number of benzene rings is 1. The summed E-state index contributed by atoms with van der Waals surface area (Å²) in [5, 5.41) is 11.7. The number of hydrogen-bond donors (Lipinski definition) is 1. The van der Waals surface area contributed by atoms with Crippen LogP contribution in [-0.4, -0.2) is 61.7 Å². The summed E-state index contributed by atoms with van der Waals surface area (Å²) >= 11 is 0. The van der Waals surface area contributed by atoms with Crippen LogP contribution in [0.2, 0.25) is 0 Å². The molecule has 2 rings (SSSR count). The molecule has 1 aromatic carbocycles. The van der Waals surface area contributed by atoms with Gasteiger partial charge >= 0.3 is 0 Å². The minimum atomic E-state index is -3.90. The third kappa shape index (κ3) is 5.18. The highest BCUT2D eigenvalue weighted by Gasteiger charge is 2.43. The quantitative estimate of drug-likeness (QED) is 0.671. The number of nitriles is 1. The Morgan fingerprint density at radius 1 is 1.10 bits per heavy atom. The average Bonchev–Trinajstić information content (AvgIpc) is 2.75. The van der Waals surface area contributed by atoms with E-state index in [2.05, 4.69) is 5.32 Å². The van der Waals surface area contributed by atoms with E-state index in [4.69, 9.17) is 5.26 Å². The molecule has 1 aromatic rings. The van der Waals surface area contributed by atoms with Crippen LogP contribution in [0.5, 0.6) is 0 Å². The van der Waals surface area contributed by atoms with Crippen LogP contribution in [0.4, 0.5) is 0 Å². The van der Waals surface area contributed by atoms with Crippen molar-refractivity contribution >= 4 is 21.8 Å². The first-order valence-corrected chi connectivity index (χ1v) is 11.7. The number of sulfonamides is 1. The van der Waals surface area contributed by atoms with E-state index in [9.17, 15) is 18.0 Å². The second-order valence-corrected chi connectivity index (χ2v) is 9.61. The zero-order valence-corrected chi connectivity index (χ0v) is 18.7. The summed E-state index contributed by atoms with van der Waals surface area (Å²) < 4.78 is 26.5. The lowest BCUT2D eigenvalue weighted by Crippen LogP contribution is -2.61. The summed E-state index contributed by atoms with van der Waals surface area (Å²) in [5.41, 5.74) is -0.621. The number of likely N-dealkylation sites (N-methyl/N-ethyl adjacent to an activating group) is 2. The molecule has 0 aliphatic heterocycles. The van der Waals surface area contributed by atoms with Crippen LogP contribution in [0.15, 0.2) is 29.2 Å². The Balaban J connectivity index is 2.16. The molecule has 1 N–H and O–H groups in total. The topological polar surface area (TPSA) is 111 Å². The molecular weight excluding hydrogens is 404 g/mol. The van der Waals surface area contributed by atoms with Crippen LogP contribution in [0.1, 0.15) is 51.5 Å². The fourth-order valence-corrected chi connectivity index (χ4v) is 4.96. The average molecular weight is 435 g/mol. The number of carbonyl (C=O) groups excluding carboxylic acids is 2. The van der Waals surface area contributed by atoms with Gasteiger partial charge in [-0.05, 0) is 51.0 Å². The van der Waals surface area contributed by atoms with E-state index in [-0.39, 0.29) is 10.8 Å². The molecule has 0 bridgehead atoms. The third-order valence-corrected chi connectivity index (χ3v) is 7.42. The fourth-order valence-electron chi connectivity index (χ4n) is 3.84. The molecule has 1 saturated carbocycles. The SMILES string of the molecule is CCN(CC)C(=O)C1(NC(=O)CN(C)S(=O)(=O)c2ccc(C#N)cc2)CCCCC1. The molecule has 0 saturated heterocycles. The van der Waals surface area contributed by atoms with E-state index >= 15 is 0 Å². The number of rotatable bonds is 8. The monoisotopic (exact) mass is 434 g/mol. The molecule has 0 atom stereocenters. The van der Waals surface area contributed by atoms with Gasteiger partial charge in [0.25, 0.3) is 0 Å². The number of amides is 2. The van der Waals surface area contributed by atoms with E-state index in [0.29, 0.717) is 31.5 Å². The highest BCUT2D eigenvalue weighted by atomic mass is 32.2.